The number of rotatable bonds is 1. The first-order chi connectivity index (χ1) is 7.84. The number of hydrogen-bond acceptors (Lipinski definition) is 4. The maximum Gasteiger partial charge on any atom is 0.255 e. The second-order valence-corrected chi connectivity index (χ2v) is 4.52. The summed E-state index contributed by atoms with van der Waals surface area (Å²) in [6.07, 6.45) is 3.10. The van der Waals surface area contributed by atoms with E-state index in [4.69, 9.17) is 0 Å². The van der Waals surface area contributed by atoms with E-state index in [-0.39, 0.29) is 5.91 Å². The van der Waals surface area contributed by atoms with Crippen molar-refractivity contribution < 1.29 is 4.79 Å². The lowest BCUT2D eigenvalue weighted by atomic mass is 10.0. The molecule has 3 rings (SSSR count). The molecule has 2 fully saturated rings. The topological polar surface area (TPSA) is 58.1 Å². The van der Waals surface area contributed by atoms with Gasteiger partial charge in [0, 0.05) is 26.2 Å². The smallest absolute Gasteiger partial charge is 0.255 e. The van der Waals surface area contributed by atoms with Crippen LogP contribution in [0.3, 0.4) is 0 Å². The third-order valence-corrected chi connectivity index (χ3v) is 3.51. The highest BCUT2D eigenvalue weighted by Crippen LogP contribution is 2.27. The quantitative estimate of drug-likeness (QED) is 0.707. The molecule has 0 unspecified atom stereocenters. The van der Waals surface area contributed by atoms with Gasteiger partial charge in [-0.05, 0) is 17.9 Å². The Morgan fingerprint density at radius 2 is 2.06 bits per heavy atom. The Kier molecular flexibility index (Phi) is 2.32. The average molecular weight is 218 g/mol. The van der Waals surface area contributed by atoms with Crippen LogP contribution in [-0.4, -0.2) is 47.2 Å². The Morgan fingerprint density at radius 1 is 1.31 bits per heavy atom. The van der Waals surface area contributed by atoms with Crippen LogP contribution in [0, 0.1) is 11.8 Å². The molecule has 3 heterocycles. The molecule has 1 aromatic heterocycles. The molecule has 2 atom stereocenters. The zero-order valence-corrected chi connectivity index (χ0v) is 8.97. The van der Waals surface area contributed by atoms with Gasteiger partial charge in [-0.2, -0.15) is 10.2 Å². The average Bonchev–Trinajstić information content (AvgIpc) is 2.89. The largest absolute Gasteiger partial charge is 0.338 e. The molecule has 84 valence electrons. The van der Waals surface area contributed by atoms with Gasteiger partial charge in [-0.3, -0.25) is 4.79 Å². The number of aromatic nitrogens is 2. The Hall–Kier alpha value is -1.49. The van der Waals surface area contributed by atoms with Crippen molar-refractivity contribution in [2.24, 2.45) is 11.8 Å². The monoisotopic (exact) mass is 218 g/mol. The van der Waals surface area contributed by atoms with Gasteiger partial charge in [0.05, 0.1) is 18.0 Å². The van der Waals surface area contributed by atoms with E-state index in [9.17, 15) is 4.79 Å². The second-order valence-electron chi connectivity index (χ2n) is 4.52. The minimum absolute atomic E-state index is 0.0873. The van der Waals surface area contributed by atoms with Crippen molar-refractivity contribution in [1.29, 1.82) is 0 Å². The second kappa shape index (κ2) is 3.83. The number of carbonyl (C=O) groups is 1. The van der Waals surface area contributed by atoms with E-state index < -0.39 is 0 Å². The van der Waals surface area contributed by atoms with Gasteiger partial charge >= 0.3 is 0 Å². The molecule has 2 aliphatic rings. The van der Waals surface area contributed by atoms with Gasteiger partial charge in [0.15, 0.2) is 0 Å². The highest BCUT2D eigenvalue weighted by molar-refractivity contribution is 5.94. The number of nitrogens with zero attached hydrogens (tertiary/aromatic N) is 3. The Balaban J connectivity index is 1.73. The van der Waals surface area contributed by atoms with Crippen molar-refractivity contribution in [1.82, 2.24) is 20.4 Å². The third-order valence-electron chi connectivity index (χ3n) is 3.51. The number of amides is 1. The molecular formula is C11H14N4O. The highest BCUT2D eigenvalue weighted by atomic mass is 16.2. The summed E-state index contributed by atoms with van der Waals surface area (Å²) in [6, 6.07) is 1.72. The van der Waals surface area contributed by atoms with Gasteiger partial charge in [-0.15, -0.1) is 0 Å². The summed E-state index contributed by atoms with van der Waals surface area (Å²) < 4.78 is 0. The first kappa shape index (κ1) is 9.72. The van der Waals surface area contributed by atoms with Crippen LogP contribution in [-0.2, 0) is 0 Å². The number of carbonyl (C=O) groups excluding carboxylic acids is 1. The van der Waals surface area contributed by atoms with E-state index in [1.165, 1.54) is 6.20 Å². The van der Waals surface area contributed by atoms with Crippen LogP contribution in [0.4, 0.5) is 0 Å². The summed E-state index contributed by atoms with van der Waals surface area (Å²) in [4.78, 5) is 14.1. The van der Waals surface area contributed by atoms with Crippen LogP contribution in [0.1, 0.15) is 10.4 Å². The van der Waals surface area contributed by atoms with Crippen LogP contribution >= 0.6 is 0 Å². The van der Waals surface area contributed by atoms with E-state index in [0.717, 1.165) is 26.2 Å². The fraction of sp³-hybridized carbons (Fsp3) is 0.545. The molecule has 2 aliphatic heterocycles. The summed E-state index contributed by atoms with van der Waals surface area (Å²) in [5.74, 6) is 1.36. The zero-order valence-electron chi connectivity index (χ0n) is 8.97. The van der Waals surface area contributed by atoms with E-state index >= 15 is 0 Å². The van der Waals surface area contributed by atoms with Crippen LogP contribution in [0.15, 0.2) is 18.5 Å². The first-order valence-corrected chi connectivity index (χ1v) is 5.61. The highest BCUT2D eigenvalue weighted by Gasteiger charge is 2.38. The molecule has 16 heavy (non-hydrogen) atoms. The number of nitrogens with one attached hydrogen (secondary N) is 1. The molecule has 0 spiro atoms. The molecule has 0 aliphatic carbocycles. The Morgan fingerprint density at radius 3 is 2.69 bits per heavy atom. The minimum atomic E-state index is 0.0873. The summed E-state index contributed by atoms with van der Waals surface area (Å²) in [5, 5.41) is 10.8. The molecule has 2 saturated heterocycles. The molecule has 0 radical (unpaired) electrons. The van der Waals surface area contributed by atoms with Gasteiger partial charge < -0.3 is 10.2 Å². The standard InChI is InChI=1S/C11H14N4O/c16-11(8-1-2-13-14-5-8)15-6-9-3-12-4-10(9)7-15/h1-2,5,9-10,12H,3-4,6-7H2/t9-,10+. The predicted molar refractivity (Wildman–Crippen MR) is 57.8 cm³/mol. The van der Waals surface area contributed by atoms with Crippen molar-refractivity contribution >= 4 is 5.91 Å². The molecule has 0 saturated carbocycles. The molecule has 0 bridgehead atoms. The summed E-state index contributed by atoms with van der Waals surface area (Å²) in [7, 11) is 0. The molecule has 1 amide bonds. The van der Waals surface area contributed by atoms with E-state index in [1.54, 1.807) is 12.3 Å². The minimum Gasteiger partial charge on any atom is -0.338 e. The van der Waals surface area contributed by atoms with Gasteiger partial charge in [0.2, 0.25) is 0 Å². The summed E-state index contributed by atoms with van der Waals surface area (Å²) in [6.45, 7) is 3.84. The van der Waals surface area contributed by atoms with E-state index in [1.807, 2.05) is 4.90 Å². The fourth-order valence-corrected chi connectivity index (χ4v) is 2.62. The fourth-order valence-electron chi connectivity index (χ4n) is 2.62. The van der Waals surface area contributed by atoms with Crippen molar-refractivity contribution in [3.63, 3.8) is 0 Å². The lowest BCUT2D eigenvalue weighted by molar-refractivity contribution is 0.0781. The van der Waals surface area contributed by atoms with Gasteiger partial charge in [-0.1, -0.05) is 0 Å². The lowest BCUT2D eigenvalue weighted by Gasteiger charge is -2.16. The van der Waals surface area contributed by atoms with Crippen LogP contribution in [0.2, 0.25) is 0 Å². The first-order valence-electron chi connectivity index (χ1n) is 5.61. The van der Waals surface area contributed by atoms with Gasteiger partial charge in [-0.25, -0.2) is 0 Å². The van der Waals surface area contributed by atoms with Gasteiger partial charge in [0.1, 0.15) is 0 Å². The van der Waals surface area contributed by atoms with Crippen molar-refractivity contribution in [3.05, 3.63) is 24.0 Å². The normalized spacial score (nSPS) is 28.1. The Bertz CT molecular complexity index is 382. The third kappa shape index (κ3) is 1.57. The van der Waals surface area contributed by atoms with Crippen molar-refractivity contribution in [3.8, 4) is 0 Å². The predicted octanol–water partition coefficient (Wildman–Crippen LogP) is -0.232. The molecular weight excluding hydrogens is 204 g/mol. The zero-order chi connectivity index (χ0) is 11.0. The molecule has 1 N–H and O–H groups in total. The summed E-state index contributed by atoms with van der Waals surface area (Å²) >= 11 is 0. The van der Waals surface area contributed by atoms with Crippen molar-refractivity contribution in [2.45, 2.75) is 0 Å². The summed E-state index contributed by atoms with van der Waals surface area (Å²) in [5.41, 5.74) is 0.642. The molecule has 1 aromatic rings. The van der Waals surface area contributed by atoms with Gasteiger partial charge in [0.25, 0.3) is 5.91 Å². The molecule has 5 heteroatoms. The number of likely N-dealkylation sites (tertiary alicyclic amines) is 1. The van der Waals surface area contributed by atoms with Crippen LogP contribution in [0.5, 0.6) is 0 Å². The van der Waals surface area contributed by atoms with Crippen LogP contribution in [0.25, 0.3) is 0 Å². The molecule has 0 aromatic carbocycles. The number of fused-ring (bicyclic) bond motifs is 1. The lowest BCUT2D eigenvalue weighted by Crippen LogP contribution is -2.31. The molecule has 5 nitrogen and oxygen atoms in total. The van der Waals surface area contributed by atoms with E-state index in [2.05, 4.69) is 15.5 Å². The maximum absolute atomic E-state index is 12.1. The maximum atomic E-state index is 12.1. The SMILES string of the molecule is O=C(c1ccnnc1)N1C[C@H]2CNC[C@H]2C1. The Labute approximate surface area is 93.9 Å². The van der Waals surface area contributed by atoms with E-state index in [0.29, 0.717) is 17.4 Å². The number of hydrogen-bond donors (Lipinski definition) is 1. The van der Waals surface area contributed by atoms with Crippen LogP contribution < -0.4 is 5.32 Å². The van der Waals surface area contributed by atoms with Crippen molar-refractivity contribution in [2.75, 3.05) is 26.2 Å².